The summed E-state index contributed by atoms with van der Waals surface area (Å²) in [5.74, 6) is 0. The maximum absolute atomic E-state index is 8.56. The second kappa shape index (κ2) is 14.3. The number of nitriles is 1. The largest absolute Gasteiger partial charge is 0.503 e. The maximum atomic E-state index is 8.56. The molecule has 0 bridgehead atoms. The molecule has 14 heavy (non-hydrogen) atoms. The van der Waals surface area contributed by atoms with Crippen LogP contribution in [0.4, 0.5) is 4.79 Å². The summed E-state index contributed by atoms with van der Waals surface area (Å²) in [7, 11) is 0. The van der Waals surface area contributed by atoms with Crippen molar-refractivity contribution < 1.29 is 15.0 Å². The molecule has 0 amide bonds. The molecule has 0 aliphatic rings. The number of carbonyl (C=O) groups is 1. The van der Waals surface area contributed by atoms with E-state index in [0.717, 1.165) is 12.8 Å². The third kappa shape index (κ3) is 30.9. The van der Waals surface area contributed by atoms with Crippen LogP contribution in [-0.2, 0) is 0 Å². The first-order valence-electron chi connectivity index (χ1n) is 4.94. The van der Waals surface area contributed by atoms with Crippen LogP contribution in [0.15, 0.2) is 0 Å². The predicted octanol–water partition coefficient (Wildman–Crippen LogP) is 3.48. The van der Waals surface area contributed by atoms with Crippen molar-refractivity contribution in [3.8, 4) is 6.07 Å². The lowest BCUT2D eigenvalue weighted by molar-refractivity contribution is 0.137. The number of rotatable bonds is 6. The van der Waals surface area contributed by atoms with Crippen LogP contribution in [0.5, 0.6) is 0 Å². The topological polar surface area (TPSA) is 81.3 Å². The second-order valence-electron chi connectivity index (χ2n) is 2.96. The molecule has 4 nitrogen and oxygen atoms in total. The second-order valence-corrected chi connectivity index (χ2v) is 2.96. The van der Waals surface area contributed by atoms with Gasteiger partial charge >= 0.3 is 6.16 Å². The van der Waals surface area contributed by atoms with E-state index in [4.69, 9.17) is 20.3 Å². The zero-order valence-electron chi connectivity index (χ0n) is 8.70. The highest BCUT2D eigenvalue weighted by Crippen LogP contribution is 2.05. The van der Waals surface area contributed by atoms with E-state index in [1.165, 1.54) is 32.1 Å². The Morgan fingerprint density at radius 1 is 1.14 bits per heavy atom. The molecule has 0 aromatic carbocycles. The number of nitrogens with zero attached hydrogens (tertiary/aromatic N) is 1. The Morgan fingerprint density at radius 2 is 1.57 bits per heavy atom. The van der Waals surface area contributed by atoms with Crippen LogP contribution in [0.25, 0.3) is 0 Å². The molecule has 0 saturated heterocycles. The van der Waals surface area contributed by atoms with Crippen molar-refractivity contribution >= 4 is 6.16 Å². The molecule has 0 aliphatic carbocycles. The Labute approximate surface area is 85.2 Å². The Bertz CT molecular complexity index is 159. The van der Waals surface area contributed by atoms with Gasteiger partial charge < -0.3 is 10.2 Å². The average Bonchev–Trinajstić information content (AvgIpc) is 2.10. The van der Waals surface area contributed by atoms with E-state index in [0.29, 0.717) is 0 Å². The van der Waals surface area contributed by atoms with Gasteiger partial charge in [0.2, 0.25) is 0 Å². The van der Waals surface area contributed by atoms with Gasteiger partial charge in [0, 0.05) is 6.42 Å². The molecular weight excluding hydrogens is 182 g/mol. The Kier molecular flexibility index (Phi) is 15.6. The molecule has 0 fully saturated rings. The average molecular weight is 201 g/mol. The van der Waals surface area contributed by atoms with Gasteiger partial charge in [0.15, 0.2) is 0 Å². The molecule has 2 N–H and O–H groups in total. The van der Waals surface area contributed by atoms with Crippen LogP contribution in [0.1, 0.15) is 51.9 Å². The van der Waals surface area contributed by atoms with Gasteiger partial charge in [-0.05, 0) is 6.42 Å². The van der Waals surface area contributed by atoms with Gasteiger partial charge in [-0.1, -0.05) is 39.0 Å². The Balaban J connectivity index is 0. The molecule has 82 valence electrons. The molecular formula is C10H19NO3. The zero-order chi connectivity index (χ0) is 11.2. The Morgan fingerprint density at radius 3 is 2.00 bits per heavy atom. The van der Waals surface area contributed by atoms with Crippen LogP contribution in [0.2, 0.25) is 0 Å². The van der Waals surface area contributed by atoms with Gasteiger partial charge in [-0.2, -0.15) is 5.26 Å². The van der Waals surface area contributed by atoms with Crippen molar-refractivity contribution in [3.63, 3.8) is 0 Å². The molecule has 0 spiro atoms. The van der Waals surface area contributed by atoms with Crippen molar-refractivity contribution in [1.29, 1.82) is 5.26 Å². The molecule has 4 heteroatoms. The van der Waals surface area contributed by atoms with Crippen molar-refractivity contribution in [2.24, 2.45) is 0 Å². The fourth-order valence-corrected chi connectivity index (χ4v) is 0.984. The van der Waals surface area contributed by atoms with Crippen molar-refractivity contribution in [1.82, 2.24) is 0 Å². The minimum Gasteiger partial charge on any atom is -0.450 e. The normalized spacial score (nSPS) is 8.29. The molecule has 0 saturated carbocycles. The van der Waals surface area contributed by atoms with E-state index in [9.17, 15) is 0 Å². The number of hydrogen-bond acceptors (Lipinski definition) is 2. The highest BCUT2D eigenvalue weighted by Gasteiger charge is 1.87. The number of unbranched alkanes of at least 4 members (excludes halogenated alkanes) is 6. The van der Waals surface area contributed by atoms with Gasteiger partial charge in [-0.3, -0.25) is 0 Å². The summed E-state index contributed by atoms with van der Waals surface area (Å²) >= 11 is 0. The lowest BCUT2D eigenvalue weighted by Gasteiger charge is -1.95. The van der Waals surface area contributed by atoms with Gasteiger partial charge in [0.1, 0.15) is 0 Å². The third-order valence-electron chi connectivity index (χ3n) is 1.64. The quantitative estimate of drug-likeness (QED) is 0.644. The van der Waals surface area contributed by atoms with E-state index < -0.39 is 6.16 Å². The summed E-state index contributed by atoms with van der Waals surface area (Å²) in [6, 6.07) is 2.16. The first-order chi connectivity index (χ1) is 6.65. The molecule has 0 rings (SSSR count). The highest BCUT2D eigenvalue weighted by molar-refractivity contribution is 5.53. The van der Waals surface area contributed by atoms with Crippen LogP contribution in [0, 0.1) is 11.3 Å². The Hall–Kier alpha value is -1.24. The number of hydrogen-bond donors (Lipinski definition) is 2. The van der Waals surface area contributed by atoms with Gasteiger partial charge in [-0.25, -0.2) is 4.79 Å². The standard InChI is InChI=1S/C9H17N.CH2O3/c1-2-3-4-5-6-7-8-9-10;2-1(3)4/h2-8H2,1H3;(H2,2,3,4). The smallest absolute Gasteiger partial charge is 0.450 e. The minimum absolute atomic E-state index is 0.742. The van der Waals surface area contributed by atoms with Crippen LogP contribution in [0.3, 0.4) is 0 Å². The van der Waals surface area contributed by atoms with Gasteiger partial charge in [0.25, 0.3) is 0 Å². The summed E-state index contributed by atoms with van der Waals surface area (Å²) in [6.45, 7) is 2.22. The summed E-state index contributed by atoms with van der Waals surface area (Å²) in [6.07, 6.45) is 6.57. The molecule has 0 aliphatic heterocycles. The summed E-state index contributed by atoms with van der Waals surface area (Å²) < 4.78 is 0. The van der Waals surface area contributed by atoms with Crippen LogP contribution < -0.4 is 0 Å². The monoisotopic (exact) mass is 201 g/mol. The lowest BCUT2D eigenvalue weighted by atomic mass is 10.1. The number of carboxylic acid groups (broad SMARTS) is 2. The fourth-order valence-electron chi connectivity index (χ4n) is 0.984. The van der Waals surface area contributed by atoms with Gasteiger partial charge in [-0.15, -0.1) is 0 Å². The molecule has 0 unspecified atom stereocenters. The van der Waals surface area contributed by atoms with Crippen molar-refractivity contribution in [2.75, 3.05) is 0 Å². The van der Waals surface area contributed by atoms with E-state index in [1.807, 2.05) is 0 Å². The first kappa shape index (κ1) is 15.2. The third-order valence-corrected chi connectivity index (χ3v) is 1.64. The predicted molar refractivity (Wildman–Crippen MR) is 54.3 cm³/mol. The SMILES string of the molecule is CCCCCCCCC#N.O=C(O)O. The molecule has 0 aromatic rings. The highest BCUT2D eigenvalue weighted by atomic mass is 16.6. The summed E-state index contributed by atoms with van der Waals surface area (Å²) in [5.41, 5.74) is 0. The maximum Gasteiger partial charge on any atom is 0.503 e. The fraction of sp³-hybridized carbons (Fsp3) is 0.800. The zero-order valence-corrected chi connectivity index (χ0v) is 8.70. The van der Waals surface area contributed by atoms with Crippen molar-refractivity contribution in [3.05, 3.63) is 0 Å². The van der Waals surface area contributed by atoms with E-state index in [2.05, 4.69) is 13.0 Å². The van der Waals surface area contributed by atoms with E-state index in [1.54, 1.807) is 0 Å². The minimum atomic E-state index is -1.83. The van der Waals surface area contributed by atoms with Gasteiger partial charge in [0.05, 0.1) is 6.07 Å². The first-order valence-corrected chi connectivity index (χ1v) is 4.94. The van der Waals surface area contributed by atoms with Crippen molar-refractivity contribution in [2.45, 2.75) is 51.9 Å². The molecule has 0 heterocycles. The van der Waals surface area contributed by atoms with E-state index in [-0.39, 0.29) is 0 Å². The molecule has 0 radical (unpaired) electrons. The van der Waals surface area contributed by atoms with Crippen LogP contribution >= 0.6 is 0 Å². The van der Waals surface area contributed by atoms with E-state index >= 15 is 0 Å². The van der Waals surface area contributed by atoms with Crippen LogP contribution in [-0.4, -0.2) is 16.4 Å². The molecule has 0 aromatic heterocycles. The lowest BCUT2D eigenvalue weighted by Crippen LogP contribution is -1.81. The molecule has 0 atom stereocenters. The summed E-state index contributed by atoms with van der Waals surface area (Å²) in [5, 5.41) is 22.2. The summed E-state index contributed by atoms with van der Waals surface area (Å²) in [4.78, 5) is 8.56.